The van der Waals surface area contributed by atoms with Gasteiger partial charge in [0.25, 0.3) is 0 Å². The minimum atomic E-state index is -0.543. The SMILES string of the molecule is C=CC1(O)CCCC(CC)C1. The highest BCUT2D eigenvalue weighted by atomic mass is 16.3. The van der Waals surface area contributed by atoms with Crippen LogP contribution in [0.2, 0.25) is 0 Å². The molecule has 0 radical (unpaired) electrons. The molecule has 1 aliphatic rings. The van der Waals surface area contributed by atoms with E-state index in [2.05, 4.69) is 13.5 Å². The summed E-state index contributed by atoms with van der Waals surface area (Å²) in [5.74, 6) is 0.715. The van der Waals surface area contributed by atoms with E-state index in [4.69, 9.17) is 0 Å². The van der Waals surface area contributed by atoms with E-state index in [0.717, 1.165) is 19.3 Å². The summed E-state index contributed by atoms with van der Waals surface area (Å²) < 4.78 is 0. The van der Waals surface area contributed by atoms with Gasteiger partial charge in [-0.2, -0.15) is 0 Å². The molecule has 0 saturated heterocycles. The normalized spacial score (nSPS) is 38.5. The summed E-state index contributed by atoms with van der Waals surface area (Å²) in [6.07, 6.45) is 7.18. The van der Waals surface area contributed by atoms with Gasteiger partial charge in [0.1, 0.15) is 0 Å². The van der Waals surface area contributed by atoms with Gasteiger partial charge >= 0.3 is 0 Å². The minimum Gasteiger partial charge on any atom is -0.386 e. The predicted octanol–water partition coefficient (Wildman–Crippen LogP) is 2.50. The Hall–Kier alpha value is -0.300. The van der Waals surface area contributed by atoms with Crippen LogP contribution in [0, 0.1) is 5.92 Å². The quantitative estimate of drug-likeness (QED) is 0.606. The Morgan fingerprint density at radius 2 is 2.45 bits per heavy atom. The Bertz CT molecular complexity index is 142. The van der Waals surface area contributed by atoms with Crippen molar-refractivity contribution in [2.24, 2.45) is 5.92 Å². The molecule has 11 heavy (non-hydrogen) atoms. The van der Waals surface area contributed by atoms with Gasteiger partial charge in [0.2, 0.25) is 0 Å². The van der Waals surface area contributed by atoms with E-state index in [1.165, 1.54) is 12.8 Å². The van der Waals surface area contributed by atoms with Crippen molar-refractivity contribution in [3.8, 4) is 0 Å². The van der Waals surface area contributed by atoms with Crippen molar-refractivity contribution in [3.63, 3.8) is 0 Å². The fourth-order valence-electron chi connectivity index (χ4n) is 1.93. The van der Waals surface area contributed by atoms with E-state index in [9.17, 15) is 5.11 Å². The first kappa shape index (κ1) is 8.79. The molecule has 1 nitrogen and oxygen atoms in total. The van der Waals surface area contributed by atoms with Gasteiger partial charge in [-0.05, 0) is 25.2 Å². The molecule has 0 heterocycles. The maximum absolute atomic E-state index is 9.86. The molecule has 0 bridgehead atoms. The molecule has 2 atom stereocenters. The number of hydrogen-bond acceptors (Lipinski definition) is 1. The molecule has 2 unspecified atom stereocenters. The third-order valence-electron chi connectivity index (χ3n) is 2.82. The van der Waals surface area contributed by atoms with Crippen LogP contribution in [0.15, 0.2) is 12.7 Å². The Morgan fingerprint density at radius 1 is 1.73 bits per heavy atom. The van der Waals surface area contributed by atoms with E-state index in [1.807, 2.05) is 0 Å². The smallest absolute Gasteiger partial charge is 0.0827 e. The fourth-order valence-corrected chi connectivity index (χ4v) is 1.93. The third-order valence-corrected chi connectivity index (χ3v) is 2.82. The lowest BCUT2D eigenvalue weighted by atomic mass is 9.77. The molecule has 64 valence electrons. The number of rotatable bonds is 2. The van der Waals surface area contributed by atoms with Gasteiger partial charge in [0.05, 0.1) is 5.60 Å². The summed E-state index contributed by atoms with van der Waals surface area (Å²) in [5.41, 5.74) is -0.543. The molecule has 1 rings (SSSR count). The molecular weight excluding hydrogens is 136 g/mol. The van der Waals surface area contributed by atoms with Crippen molar-refractivity contribution < 1.29 is 5.11 Å². The first-order valence-electron chi connectivity index (χ1n) is 4.56. The van der Waals surface area contributed by atoms with Crippen molar-refractivity contribution in [2.75, 3.05) is 0 Å². The topological polar surface area (TPSA) is 20.2 Å². The summed E-state index contributed by atoms with van der Waals surface area (Å²) in [6.45, 7) is 5.87. The van der Waals surface area contributed by atoms with Crippen molar-refractivity contribution in [1.82, 2.24) is 0 Å². The van der Waals surface area contributed by atoms with Gasteiger partial charge in [0.15, 0.2) is 0 Å². The zero-order chi connectivity index (χ0) is 8.32. The maximum atomic E-state index is 9.86. The lowest BCUT2D eigenvalue weighted by Gasteiger charge is -2.33. The van der Waals surface area contributed by atoms with Crippen LogP contribution in [0.4, 0.5) is 0 Å². The molecular formula is C10H18O. The zero-order valence-electron chi connectivity index (χ0n) is 7.34. The van der Waals surface area contributed by atoms with E-state index < -0.39 is 5.60 Å². The van der Waals surface area contributed by atoms with Gasteiger partial charge in [-0.25, -0.2) is 0 Å². The van der Waals surface area contributed by atoms with Crippen LogP contribution >= 0.6 is 0 Å². The highest BCUT2D eigenvalue weighted by molar-refractivity contribution is 4.99. The third kappa shape index (κ3) is 2.06. The van der Waals surface area contributed by atoms with Gasteiger partial charge in [-0.1, -0.05) is 25.8 Å². The monoisotopic (exact) mass is 154 g/mol. The molecule has 0 aliphatic heterocycles. The van der Waals surface area contributed by atoms with Crippen molar-refractivity contribution in [3.05, 3.63) is 12.7 Å². The lowest BCUT2D eigenvalue weighted by molar-refractivity contribution is 0.0275. The molecule has 0 spiro atoms. The summed E-state index contributed by atoms with van der Waals surface area (Å²) in [6, 6.07) is 0. The molecule has 0 aromatic rings. The van der Waals surface area contributed by atoms with Crippen LogP contribution in [0.3, 0.4) is 0 Å². The molecule has 1 N–H and O–H groups in total. The largest absolute Gasteiger partial charge is 0.386 e. The van der Waals surface area contributed by atoms with E-state index in [-0.39, 0.29) is 0 Å². The Labute approximate surface area is 69.1 Å². The van der Waals surface area contributed by atoms with Crippen LogP contribution in [-0.2, 0) is 0 Å². The van der Waals surface area contributed by atoms with E-state index >= 15 is 0 Å². The second kappa shape index (κ2) is 3.40. The molecule has 1 fully saturated rings. The van der Waals surface area contributed by atoms with E-state index in [1.54, 1.807) is 6.08 Å². The van der Waals surface area contributed by atoms with Gasteiger partial charge in [-0.15, -0.1) is 6.58 Å². The van der Waals surface area contributed by atoms with Gasteiger partial charge < -0.3 is 5.11 Å². The van der Waals surface area contributed by atoms with Gasteiger partial charge in [0, 0.05) is 0 Å². The second-order valence-corrected chi connectivity index (χ2v) is 3.68. The van der Waals surface area contributed by atoms with E-state index in [0.29, 0.717) is 5.92 Å². The second-order valence-electron chi connectivity index (χ2n) is 3.68. The predicted molar refractivity (Wildman–Crippen MR) is 47.4 cm³/mol. The molecule has 0 amide bonds. The molecule has 0 aromatic heterocycles. The summed E-state index contributed by atoms with van der Waals surface area (Å²) in [5, 5.41) is 9.86. The van der Waals surface area contributed by atoms with Crippen LogP contribution < -0.4 is 0 Å². The number of hydrogen-bond donors (Lipinski definition) is 1. The average molecular weight is 154 g/mol. The first-order chi connectivity index (χ1) is 5.20. The van der Waals surface area contributed by atoms with Crippen LogP contribution in [0.1, 0.15) is 39.0 Å². The van der Waals surface area contributed by atoms with Crippen LogP contribution in [-0.4, -0.2) is 10.7 Å². The standard InChI is InChI=1S/C10H18O/c1-3-9-6-5-7-10(11,4-2)8-9/h4,9,11H,2-3,5-8H2,1H3. The van der Waals surface area contributed by atoms with Crippen molar-refractivity contribution in [1.29, 1.82) is 0 Å². The lowest BCUT2D eigenvalue weighted by Crippen LogP contribution is -2.32. The minimum absolute atomic E-state index is 0.543. The zero-order valence-corrected chi connectivity index (χ0v) is 7.34. The molecule has 1 heteroatoms. The van der Waals surface area contributed by atoms with Crippen molar-refractivity contribution >= 4 is 0 Å². The number of aliphatic hydroxyl groups is 1. The average Bonchev–Trinajstić information content (AvgIpc) is 2.05. The summed E-state index contributed by atoms with van der Waals surface area (Å²) >= 11 is 0. The van der Waals surface area contributed by atoms with Gasteiger partial charge in [-0.3, -0.25) is 0 Å². The Balaban J connectivity index is 2.51. The Kier molecular flexibility index (Phi) is 2.72. The highest BCUT2D eigenvalue weighted by Gasteiger charge is 2.30. The molecule has 1 aliphatic carbocycles. The highest BCUT2D eigenvalue weighted by Crippen LogP contribution is 2.34. The molecule has 0 aromatic carbocycles. The summed E-state index contributed by atoms with van der Waals surface area (Å²) in [7, 11) is 0. The Morgan fingerprint density at radius 3 is 3.00 bits per heavy atom. The summed E-state index contributed by atoms with van der Waals surface area (Å²) in [4.78, 5) is 0. The maximum Gasteiger partial charge on any atom is 0.0827 e. The fraction of sp³-hybridized carbons (Fsp3) is 0.800. The first-order valence-corrected chi connectivity index (χ1v) is 4.56. The van der Waals surface area contributed by atoms with Crippen LogP contribution in [0.5, 0.6) is 0 Å². The van der Waals surface area contributed by atoms with Crippen molar-refractivity contribution in [2.45, 2.75) is 44.6 Å². The molecule has 1 saturated carbocycles. The van der Waals surface area contributed by atoms with Crippen LogP contribution in [0.25, 0.3) is 0 Å².